The van der Waals surface area contributed by atoms with Crippen molar-refractivity contribution < 1.29 is 24.2 Å². The predicted octanol–water partition coefficient (Wildman–Crippen LogP) is 2.39. The normalized spacial score (nSPS) is 33.9. The largest absolute Gasteiger partial charge is 0.465 e. The molecule has 0 aromatic rings. The maximum absolute atomic E-state index is 13.9. The minimum Gasteiger partial charge on any atom is -0.465 e. The predicted molar refractivity (Wildman–Crippen MR) is 125 cm³/mol. The van der Waals surface area contributed by atoms with Gasteiger partial charge in [0.05, 0.1) is 35.8 Å². The van der Waals surface area contributed by atoms with Crippen LogP contribution in [0.3, 0.4) is 0 Å². The number of amides is 2. The van der Waals surface area contributed by atoms with Crippen LogP contribution in [0.4, 0.5) is 0 Å². The monoisotopic (exact) mass is 464 g/mol. The Morgan fingerprint density at radius 1 is 1.31 bits per heavy atom. The van der Waals surface area contributed by atoms with Gasteiger partial charge in [0.1, 0.15) is 6.04 Å². The highest BCUT2D eigenvalue weighted by Crippen LogP contribution is 2.71. The first-order valence-corrected chi connectivity index (χ1v) is 12.2. The van der Waals surface area contributed by atoms with Crippen molar-refractivity contribution >= 4 is 29.5 Å². The van der Waals surface area contributed by atoms with Gasteiger partial charge in [-0.2, -0.15) is 0 Å². The minimum absolute atomic E-state index is 0.0730. The number of carbonyl (C=O) groups is 3. The zero-order valence-electron chi connectivity index (χ0n) is 19.6. The van der Waals surface area contributed by atoms with Crippen molar-refractivity contribution in [2.45, 2.75) is 74.6 Å². The highest BCUT2D eigenvalue weighted by molar-refractivity contribution is 8.02. The Morgan fingerprint density at radius 2 is 2.00 bits per heavy atom. The standard InChI is InChI=1S/C24H36N2O5S/c1-7-9-13-31-22(30)18-17-20(28)26(16(5)14-27)19(21(29)25(12-8-2)15(3)4)24(17)11-10-23(18,6)32-24/h7-8,15-19,27H,1-2,9-14H2,3-6H3/t16-,17+,18-,19?,23+,24?/m1/s1. The molecule has 2 bridgehead atoms. The molecule has 0 aromatic carbocycles. The molecule has 3 fully saturated rings. The Bertz CT molecular complexity index is 801. The molecule has 178 valence electrons. The SMILES string of the molecule is C=CCCOC(=O)[C@H]1[C@H]2C(=O)N([C@H](C)CO)C(C(=O)N(CC=C)C(C)C)C23CC[C@]1(C)S3. The molecule has 7 nitrogen and oxygen atoms in total. The molecule has 0 aliphatic carbocycles. The highest BCUT2D eigenvalue weighted by Gasteiger charge is 2.78. The number of aliphatic hydroxyl groups is 1. The highest BCUT2D eigenvalue weighted by atomic mass is 32.2. The summed E-state index contributed by atoms with van der Waals surface area (Å²) < 4.78 is 4.36. The van der Waals surface area contributed by atoms with Gasteiger partial charge in [-0.1, -0.05) is 12.2 Å². The van der Waals surface area contributed by atoms with Crippen molar-refractivity contribution in [2.75, 3.05) is 19.8 Å². The van der Waals surface area contributed by atoms with Gasteiger partial charge in [-0.3, -0.25) is 14.4 Å². The number of carbonyl (C=O) groups excluding carboxylic acids is 3. The van der Waals surface area contributed by atoms with Crippen LogP contribution in [-0.2, 0) is 19.1 Å². The van der Waals surface area contributed by atoms with Crippen LogP contribution in [-0.4, -0.2) is 80.1 Å². The maximum Gasteiger partial charge on any atom is 0.311 e. The van der Waals surface area contributed by atoms with E-state index < -0.39 is 33.4 Å². The van der Waals surface area contributed by atoms with E-state index in [0.717, 1.165) is 6.42 Å². The molecule has 0 aromatic heterocycles. The van der Waals surface area contributed by atoms with Gasteiger partial charge in [0.15, 0.2) is 0 Å². The lowest BCUT2D eigenvalue weighted by atomic mass is 9.66. The van der Waals surface area contributed by atoms with Crippen molar-refractivity contribution in [2.24, 2.45) is 11.8 Å². The van der Waals surface area contributed by atoms with E-state index in [2.05, 4.69) is 13.2 Å². The van der Waals surface area contributed by atoms with Gasteiger partial charge in [0.2, 0.25) is 11.8 Å². The Labute approximate surface area is 195 Å². The lowest BCUT2D eigenvalue weighted by Crippen LogP contribution is -2.58. The molecule has 3 aliphatic heterocycles. The molecule has 8 heteroatoms. The molecule has 3 aliphatic rings. The van der Waals surface area contributed by atoms with E-state index in [0.29, 0.717) is 19.4 Å². The van der Waals surface area contributed by atoms with Crippen molar-refractivity contribution in [1.82, 2.24) is 9.80 Å². The maximum atomic E-state index is 13.9. The second kappa shape index (κ2) is 9.21. The first-order valence-electron chi connectivity index (χ1n) is 11.4. The first kappa shape index (κ1) is 24.8. The Balaban J connectivity index is 2.06. The van der Waals surface area contributed by atoms with E-state index >= 15 is 0 Å². The van der Waals surface area contributed by atoms with Gasteiger partial charge in [0.25, 0.3) is 0 Å². The van der Waals surface area contributed by atoms with E-state index in [1.165, 1.54) is 0 Å². The van der Waals surface area contributed by atoms with Crippen molar-refractivity contribution in [1.29, 1.82) is 0 Å². The molecule has 6 atom stereocenters. The van der Waals surface area contributed by atoms with Crippen LogP contribution in [0.2, 0.25) is 0 Å². The number of ether oxygens (including phenoxy) is 1. The number of hydrogen-bond acceptors (Lipinski definition) is 6. The van der Waals surface area contributed by atoms with Crippen molar-refractivity contribution in [3.05, 3.63) is 25.3 Å². The molecule has 0 radical (unpaired) electrons. The van der Waals surface area contributed by atoms with Crippen LogP contribution in [0.25, 0.3) is 0 Å². The van der Waals surface area contributed by atoms with Crippen LogP contribution in [0.5, 0.6) is 0 Å². The number of esters is 1. The van der Waals surface area contributed by atoms with Crippen LogP contribution in [0, 0.1) is 11.8 Å². The smallest absolute Gasteiger partial charge is 0.311 e. The Morgan fingerprint density at radius 3 is 2.56 bits per heavy atom. The summed E-state index contributed by atoms with van der Waals surface area (Å²) in [7, 11) is 0. The number of nitrogens with zero attached hydrogens (tertiary/aromatic N) is 2. The molecular weight excluding hydrogens is 428 g/mol. The fraction of sp³-hybridized carbons (Fsp3) is 0.708. The van der Waals surface area contributed by atoms with Crippen molar-refractivity contribution in [3.63, 3.8) is 0 Å². The number of hydrogen-bond donors (Lipinski definition) is 1. The first-order chi connectivity index (χ1) is 15.1. The number of aliphatic hydroxyl groups excluding tert-OH is 1. The topological polar surface area (TPSA) is 87.1 Å². The van der Waals surface area contributed by atoms with Crippen LogP contribution in [0.15, 0.2) is 25.3 Å². The molecule has 3 heterocycles. The van der Waals surface area contributed by atoms with E-state index in [9.17, 15) is 19.5 Å². The third kappa shape index (κ3) is 3.69. The van der Waals surface area contributed by atoms with Gasteiger partial charge in [0, 0.05) is 17.3 Å². The van der Waals surface area contributed by atoms with E-state index in [1.54, 1.807) is 40.6 Å². The summed E-state index contributed by atoms with van der Waals surface area (Å²) in [5.74, 6) is -2.00. The van der Waals surface area contributed by atoms with Gasteiger partial charge in [-0.05, 0) is 47.0 Å². The van der Waals surface area contributed by atoms with Gasteiger partial charge in [-0.25, -0.2) is 0 Å². The molecular formula is C24H36N2O5S. The van der Waals surface area contributed by atoms with Crippen LogP contribution < -0.4 is 0 Å². The fourth-order valence-electron chi connectivity index (χ4n) is 5.75. The van der Waals surface area contributed by atoms with E-state index in [-0.39, 0.29) is 37.0 Å². The number of thioether (sulfide) groups is 1. The lowest BCUT2D eigenvalue weighted by Gasteiger charge is -2.40. The number of rotatable bonds is 10. The molecule has 2 amide bonds. The molecule has 1 N–H and O–H groups in total. The molecule has 1 spiro atoms. The van der Waals surface area contributed by atoms with Crippen molar-refractivity contribution in [3.8, 4) is 0 Å². The van der Waals surface area contributed by atoms with Gasteiger partial charge in [-0.15, -0.1) is 24.9 Å². The Kier molecular flexibility index (Phi) is 7.15. The second-order valence-electron chi connectivity index (χ2n) is 9.62. The minimum atomic E-state index is -0.734. The summed E-state index contributed by atoms with van der Waals surface area (Å²) in [5, 5.41) is 9.92. The lowest BCUT2D eigenvalue weighted by molar-refractivity contribution is -0.156. The molecule has 3 rings (SSSR count). The summed E-state index contributed by atoms with van der Waals surface area (Å²) >= 11 is 1.61. The zero-order chi connectivity index (χ0) is 23.8. The Hall–Kier alpha value is -1.80. The summed E-state index contributed by atoms with van der Waals surface area (Å²) in [6, 6.07) is -1.34. The number of likely N-dealkylation sites (tertiary alicyclic amines) is 1. The third-order valence-corrected chi connectivity index (χ3v) is 9.23. The van der Waals surface area contributed by atoms with Gasteiger partial charge >= 0.3 is 5.97 Å². The van der Waals surface area contributed by atoms with Gasteiger partial charge < -0.3 is 19.6 Å². The van der Waals surface area contributed by atoms with E-state index in [4.69, 9.17) is 4.74 Å². The molecule has 3 saturated heterocycles. The fourth-order valence-corrected chi connectivity index (χ4v) is 8.07. The summed E-state index contributed by atoms with van der Waals surface area (Å²) in [5.41, 5.74) is 0. The van der Waals surface area contributed by atoms with Crippen LogP contribution in [0.1, 0.15) is 47.0 Å². The van der Waals surface area contributed by atoms with E-state index in [1.807, 2.05) is 20.8 Å². The molecule has 2 unspecified atom stereocenters. The zero-order valence-corrected chi connectivity index (χ0v) is 20.4. The molecule has 32 heavy (non-hydrogen) atoms. The average Bonchev–Trinajstić information content (AvgIpc) is 3.31. The quantitative estimate of drug-likeness (QED) is 0.304. The molecule has 0 saturated carbocycles. The second-order valence-corrected chi connectivity index (χ2v) is 11.5. The summed E-state index contributed by atoms with van der Waals surface area (Å²) in [4.78, 5) is 44.2. The average molecular weight is 465 g/mol. The third-order valence-electron chi connectivity index (χ3n) is 7.24. The summed E-state index contributed by atoms with van der Waals surface area (Å²) in [6.07, 6.45) is 5.32. The summed E-state index contributed by atoms with van der Waals surface area (Å²) in [6.45, 7) is 15.4. The number of fused-ring (bicyclic) bond motifs is 1. The van der Waals surface area contributed by atoms with Crippen LogP contribution >= 0.6 is 11.8 Å².